The Labute approximate surface area is 148 Å². The van der Waals surface area contributed by atoms with Crippen LogP contribution in [0.2, 0.25) is 0 Å². The van der Waals surface area contributed by atoms with Crippen molar-refractivity contribution >= 4 is 5.97 Å². The number of carbonyl (C=O) groups is 1. The molecular weight excluding hydrogens is 296 g/mol. The molecule has 24 heavy (non-hydrogen) atoms. The first-order valence-corrected chi connectivity index (χ1v) is 10.3. The predicted molar refractivity (Wildman–Crippen MR) is 101 cm³/mol. The summed E-state index contributed by atoms with van der Waals surface area (Å²) < 4.78 is 0. The van der Waals surface area contributed by atoms with Gasteiger partial charge in [-0.2, -0.15) is 0 Å². The lowest BCUT2D eigenvalue weighted by atomic mass is 9.68. The first-order chi connectivity index (χ1) is 11.7. The van der Waals surface area contributed by atoms with Crippen LogP contribution in [0.25, 0.3) is 0 Å². The molecule has 0 heterocycles. The molecular formula is C22H36O2. The molecule has 2 aliphatic carbocycles. The monoisotopic (exact) mass is 332 g/mol. The Bertz CT molecular complexity index is 433. The lowest BCUT2D eigenvalue weighted by Crippen LogP contribution is -2.27. The molecule has 0 aliphatic heterocycles. The predicted octanol–water partition coefficient (Wildman–Crippen LogP) is 6.38. The van der Waals surface area contributed by atoms with Crippen molar-refractivity contribution in [3.63, 3.8) is 0 Å². The molecule has 0 spiro atoms. The molecule has 2 nitrogen and oxygen atoms in total. The molecule has 2 fully saturated rings. The van der Waals surface area contributed by atoms with Crippen LogP contribution in [0.5, 0.6) is 0 Å². The van der Waals surface area contributed by atoms with E-state index in [0.29, 0.717) is 5.57 Å². The highest BCUT2D eigenvalue weighted by Gasteiger charge is 2.32. The lowest BCUT2D eigenvalue weighted by Gasteiger charge is -2.38. The van der Waals surface area contributed by atoms with Crippen molar-refractivity contribution < 1.29 is 9.90 Å². The molecule has 2 aliphatic rings. The van der Waals surface area contributed by atoms with Crippen LogP contribution in [-0.4, -0.2) is 11.1 Å². The van der Waals surface area contributed by atoms with Crippen molar-refractivity contribution in [1.29, 1.82) is 0 Å². The van der Waals surface area contributed by atoms with Gasteiger partial charge < -0.3 is 5.11 Å². The lowest BCUT2D eigenvalue weighted by molar-refractivity contribution is -0.133. The van der Waals surface area contributed by atoms with Gasteiger partial charge in [-0.25, -0.2) is 4.79 Å². The van der Waals surface area contributed by atoms with Crippen molar-refractivity contribution in [3.8, 4) is 0 Å². The average molecular weight is 333 g/mol. The van der Waals surface area contributed by atoms with Gasteiger partial charge in [-0.15, -0.1) is 0 Å². The van der Waals surface area contributed by atoms with E-state index in [-0.39, 0.29) is 5.92 Å². The van der Waals surface area contributed by atoms with Crippen molar-refractivity contribution in [2.24, 2.45) is 23.7 Å². The van der Waals surface area contributed by atoms with E-state index >= 15 is 0 Å². The van der Waals surface area contributed by atoms with E-state index in [1.54, 1.807) is 0 Å². The fourth-order valence-corrected chi connectivity index (χ4v) is 4.95. The van der Waals surface area contributed by atoms with Crippen LogP contribution in [0.4, 0.5) is 0 Å². The van der Waals surface area contributed by atoms with E-state index in [0.717, 1.165) is 37.0 Å². The molecule has 1 N–H and O–H groups in total. The minimum Gasteiger partial charge on any atom is -0.478 e. The Kier molecular flexibility index (Phi) is 8.08. The molecule has 2 saturated carbocycles. The number of hydrogen-bond donors (Lipinski definition) is 1. The van der Waals surface area contributed by atoms with Gasteiger partial charge in [-0.05, 0) is 68.6 Å². The summed E-state index contributed by atoms with van der Waals surface area (Å²) in [5.74, 6) is 2.28. The third kappa shape index (κ3) is 5.50. The summed E-state index contributed by atoms with van der Waals surface area (Å²) in [5, 5.41) is 9.52. The molecule has 0 unspecified atom stereocenters. The smallest absolute Gasteiger partial charge is 0.331 e. The van der Waals surface area contributed by atoms with E-state index in [1.165, 1.54) is 51.4 Å². The molecule has 2 heteroatoms. The second-order valence-electron chi connectivity index (χ2n) is 7.94. The highest BCUT2D eigenvalue weighted by atomic mass is 16.4. The highest BCUT2D eigenvalue weighted by Crippen LogP contribution is 2.43. The van der Waals surface area contributed by atoms with Crippen molar-refractivity contribution in [2.75, 3.05) is 0 Å². The first kappa shape index (κ1) is 19.3. The number of allylic oxidation sites excluding steroid dienone is 3. The van der Waals surface area contributed by atoms with Gasteiger partial charge in [0, 0.05) is 5.57 Å². The zero-order chi connectivity index (χ0) is 17.4. The number of hydrogen-bond acceptors (Lipinski definition) is 1. The third-order valence-electron chi connectivity index (χ3n) is 6.36. The summed E-state index contributed by atoms with van der Waals surface area (Å²) in [7, 11) is 0. The molecule has 0 radical (unpaired) electrons. The first-order valence-electron chi connectivity index (χ1n) is 10.3. The molecule has 0 aromatic carbocycles. The second kappa shape index (κ2) is 10.1. The van der Waals surface area contributed by atoms with Crippen LogP contribution in [0.15, 0.2) is 23.8 Å². The van der Waals surface area contributed by atoms with Gasteiger partial charge in [0.25, 0.3) is 0 Å². The van der Waals surface area contributed by atoms with Crippen LogP contribution in [0.1, 0.15) is 84.5 Å². The van der Waals surface area contributed by atoms with Gasteiger partial charge >= 0.3 is 5.97 Å². The summed E-state index contributed by atoms with van der Waals surface area (Å²) in [6, 6.07) is 0. The maximum absolute atomic E-state index is 11.6. The summed E-state index contributed by atoms with van der Waals surface area (Å²) in [6.07, 6.45) is 19.8. The molecule has 136 valence electrons. The zero-order valence-corrected chi connectivity index (χ0v) is 15.7. The fraction of sp³-hybridized carbons (Fsp3) is 0.773. The number of carboxylic acids is 1. The highest BCUT2D eigenvalue weighted by molar-refractivity contribution is 5.87. The normalized spacial score (nSPS) is 32.2. The Morgan fingerprint density at radius 1 is 0.958 bits per heavy atom. The Morgan fingerprint density at radius 2 is 1.54 bits per heavy atom. The SMILES string of the molecule is CCC=CC=C(C(=O)O)[C@H]1CC[C@H]([C@H]2CC[C@H](CCC)CC2)CC1. The van der Waals surface area contributed by atoms with Crippen LogP contribution in [-0.2, 0) is 4.79 Å². The Morgan fingerprint density at radius 3 is 2.04 bits per heavy atom. The molecule has 0 aromatic rings. The van der Waals surface area contributed by atoms with Gasteiger partial charge in [0.05, 0.1) is 0 Å². The minimum absolute atomic E-state index is 0.261. The summed E-state index contributed by atoms with van der Waals surface area (Å²) in [6.45, 7) is 4.38. The minimum atomic E-state index is -0.723. The molecule has 2 rings (SSSR count). The Balaban J connectivity index is 1.83. The van der Waals surface area contributed by atoms with Gasteiger partial charge in [0.15, 0.2) is 0 Å². The van der Waals surface area contributed by atoms with E-state index in [2.05, 4.69) is 13.8 Å². The molecule has 0 aromatic heterocycles. The third-order valence-corrected chi connectivity index (χ3v) is 6.36. The molecule has 0 saturated heterocycles. The number of carboxylic acid groups (broad SMARTS) is 1. The zero-order valence-electron chi connectivity index (χ0n) is 15.7. The maximum atomic E-state index is 11.6. The van der Waals surface area contributed by atoms with Crippen LogP contribution in [0, 0.1) is 23.7 Å². The van der Waals surface area contributed by atoms with Crippen LogP contribution < -0.4 is 0 Å². The topological polar surface area (TPSA) is 37.3 Å². The van der Waals surface area contributed by atoms with Gasteiger partial charge in [-0.3, -0.25) is 0 Å². The molecule has 0 amide bonds. The van der Waals surface area contributed by atoms with Gasteiger partial charge in [-0.1, -0.05) is 57.8 Å². The van der Waals surface area contributed by atoms with Crippen molar-refractivity contribution in [2.45, 2.75) is 84.5 Å². The maximum Gasteiger partial charge on any atom is 0.331 e. The van der Waals surface area contributed by atoms with Crippen molar-refractivity contribution in [3.05, 3.63) is 23.8 Å². The second-order valence-corrected chi connectivity index (χ2v) is 7.94. The van der Waals surface area contributed by atoms with Gasteiger partial charge in [0.2, 0.25) is 0 Å². The van der Waals surface area contributed by atoms with E-state index in [1.807, 2.05) is 18.2 Å². The largest absolute Gasteiger partial charge is 0.478 e. The number of rotatable bonds is 7. The fourth-order valence-electron chi connectivity index (χ4n) is 4.95. The quantitative estimate of drug-likeness (QED) is 0.434. The summed E-state index contributed by atoms with van der Waals surface area (Å²) >= 11 is 0. The van der Waals surface area contributed by atoms with E-state index in [9.17, 15) is 9.90 Å². The summed E-state index contributed by atoms with van der Waals surface area (Å²) in [4.78, 5) is 11.6. The summed E-state index contributed by atoms with van der Waals surface area (Å²) in [5.41, 5.74) is 0.629. The van der Waals surface area contributed by atoms with Crippen molar-refractivity contribution in [1.82, 2.24) is 0 Å². The standard InChI is InChI=1S/C22H36O2/c1-3-5-6-8-21(22(23)24)20-15-13-19(14-16-20)18-11-9-17(7-4-2)10-12-18/h5-6,8,17-20H,3-4,7,9-16H2,1-2H3,(H,23,24)/t17-,18-,19-,20-. The van der Waals surface area contributed by atoms with E-state index < -0.39 is 5.97 Å². The number of aliphatic carboxylic acids is 1. The van der Waals surface area contributed by atoms with Crippen LogP contribution >= 0.6 is 0 Å². The van der Waals surface area contributed by atoms with E-state index in [4.69, 9.17) is 0 Å². The van der Waals surface area contributed by atoms with Crippen LogP contribution in [0.3, 0.4) is 0 Å². The average Bonchev–Trinajstić information content (AvgIpc) is 2.60. The molecule has 0 atom stereocenters. The molecule has 0 bridgehead atoms. The Hall–Kier alpha value is -1.05. The van der Waals surface area contributed by atoms with Gasteiger partial charge in [0.1, 0.15) is 0 Å².